The van der Waals surface area contributed by atoms with Crippen LogP contribution in [0.1, 0.15) is 0 Å². The number of hydrogen-bond acceptors (Lipinski definition) is 4. The summed E-state index contributed by atoms with van der Waals surface area (Å²) in [6.45, 7) is 0. The van der Waals surface area contributed by atoms with Crippen molar-refractivity contribution >= 4 is 23.5 Å². The number of carboxylic acid groups (broad SMARTS) is 2. The average molecular weight is 193 g/mol. The van der Waals surface area contributed by atoms with Gasteiger partial charge in [-0.15, -0.1) is 0 Å². The highest BCUT2D eigenvalue weighted by Gasteiger charge is 1.93. The van der Waals surface area contributed by atoms with Gasteiger partial charge in [0.25, 0.3) is 0 Å². The summed E-state index contributed by atoms with van der Waals surface area (Å²) in [4.78, 5) is 19.5. The third-order valence-electron chi connectivity index (χ3n) is 0.766. The minimum Gasteiger partial charge on any atom is -0.544 e. The van der Waals surface area contributed by atoms with E-state index in [1.54, 1.807) is 0 Å². The fourth-order valence-corrected chi connectivity index (χ4v) is 0.345. The maximum Gasteiger partial charge on any atom is 0.145 e. The van der Waals surface area contributed by atoms with Crippen LogP contribution < -0.4 is 10.2 Å². The van der Waals surface area contributed by atoms with E-state index in [2.05, 4.69) is 0 Å². The van der Waals surface area contributed by atoms with Crippen molar-refractivity contribution in [2.24, 2.45) is 0 Å². The molecule has 0 aliphatic heterocycles. The Morgan fingerprint density at radius 1 is 1.17 bits per heavy atom. The molecule has 0 aromatic carbocycles. The van der Waals surface area contributed by atoms with E-state index in [-0.39, 0.29) is 0 Å². The molecule has 12 heavy (non-hydrogen) atoms. The average Bonchev–Trinajstić information content (AvgIpc) is 1.98. The van der Waals surface area contributed by atoms with Crippen LogP contribution in [0.5, 0.6) is 0 Å². The van der Waals surface area contributed by atoms with E-state index in [1.165, 1.54) is 0 Å². The Morgan fingerprint density at radius 2 is 1.67 bits per heavy atom. The van der Waals surface area contributed by atoms with Gasteiger partial charge in [0.2, 0.25) is 0 Å². The second kappa shape index (κ2) is 4.50. The molecule has 0 saturated heterocycles. The summed E-state index contributed by atoms with van der Waals surface area (Å²) in [6.07, 6.45) is 0.898. The number of allylic oxidation sites excluding steroid dienone is 2. The molecule has 0 atom stereocenters. The molecule has 0 N–H and O–H groups in total. The number of rotatable bonds is 3. The van der Waals surface area contributed by atoms with Crippen molar-refractivity contribution in [3.05, 3.63) is 23.0 Å². The fraction of sp³-hybridized carbons (Fsp3) is 0. The normalized spacial score (nSPS) is 12.8. The number of aliphatic carboxylic acids is 2. The number of carboxylic acids is 2. The summed E-state index contributed by atoms with van der Waals surface area (Å²) in [7, 11) is 0. The second-order valence-electron chi connectivity index (χ2n) is 1.60. The van der Waals surface area contributed by atoms with E-state index < -0.39 is 22.8 Å². The van der Waals surface area contributed by atoms with Gasteiger partial charge in [-0.3, -0.25) is 0 Å². The minimum absolute atomic E-state index is 0.355. The van der Waals surface area contributed by atoms with Gasteiger partial charge in [-0.05, 0) is 12.2 Å². The second-order valence-corrected chi connectivity index (χ2v) is 2.01. The molecule has 0 aliphatic rings. The molecule has 0 spiro atoms. The lowest BCUT2D eigenvalue weighted by Crippen LogP contribution is -2.23. The molecule has 0 saturated carbocycles. The van der Waals surface area contributed by atoms with Gasteiger partial charge in [0.15, 0.2) is 0 Å². The first-order valence-corrected chi connectivity index (χ1v) is 2.98. The maximum absolute atomic E-state index is 12.0. The summed E-state index contributed by atoms with van der Waals surface area (Å²) in [5.41, 5.74) is 0. The van der Waals surface area contributed by atoms with Crippen LogP contribution in [0.25, 0.3) is 0 Å². The third kappa shape index (κ3) is 3.72. The van der Waals surface area contributed by atoms with Gasteiger partial charge in [-0.1, -0.05) is 11.6 Å². The molecule has 0 heterocycles. The highest BCUT2D eigenvalue weighted by atomic mass is 35.5. The first-order valence-electron chi connectivity index (χ1n) is 2.61. The van der Waals surface area contributed by atoms with Crippen LogP contribution in [0.2, 0.25) is 0 Å². The first kappa shape index (κ1) is 10.6. The van der Waals surface area contributed by atoms with Crippen LogP contribution in [0, 0.1) is 0 Å². The number of carbonyl (C=O) groups is 2. The van der Waals surface area contributed by atoms with Crippen molar-refractivity contribution in [1.82, 2.24) is 0 Å². The van der Waals surface area contributed by atoms with E-state index >= 15 is 0 Å². The number of carbonyl (C=O) groups excluding carboxylic acids is 2. The molecule has 6 heteroatoms. The third-order valence-corrected chi connectivity index (χ3v) is 1.05. The monoisotopic (exact) mass is 192 g/mol. The summed E-state index contributed by atoms with van der Waals surface area (Å²) >= 11 is 4.94. The largest absolute Gasteiger partial charge is 0.544 e. The molecular formula is C6H2ClFO4-2. The Hall–Kier alpha value is -1.36. The molecule has 0 aromatic heterocycles. The Labute approximate surface area is 71.6 Å². The van der Waals surface area contributed by atoms with Gasteiger partial charge in [0.1, 0.15) is 11.8 Å². The zero-order chi connectivity index (χ0) is 9.72. The van der Waals surface area contributed by atoms with Crippen molar-refractivity contribution in [3.8, 4) is 0 Å². The molecule has 0 rings (SSSR count). The topological polar surface area (TPSA) is 80.3 Å². The molecule has 0 bridgehead atoms. The number of hydrogen-bond donors (Lipinski definition) is 0. The molecule has 0 amide bonds. The molecule has 0 radical (unpaired) electrons. The van der Waals surface area contributed by atoms with Gasteiger partial charge in [0, 0.05) is 0 Å². The smallest absolute Gasteiger partial charge is 0.145 e. The summed E-state index contributed by atoms with van der Waals surface area (Å²) in [6, 6.07) is 0. The van der Waals surface area contributed by atoms with Crippen molar-refractivity contribution in [1.29, 1.82) is 0 Å². The predicted molar refractivity (Wildman–Crippen MR) is 33.1 cm³/mol. The van der Waals surface area contributed by atoms with E-state index in [4.69, 9.17) is 11.6 Å². The van der Waals surface area contributed by atoms with Gasteiger partial charge in [0.05, 0.1) is 11.0 Å². The van der Waals surface area contributed by atoms with Gasteiger partial charge in [-0.2, -0.15) is 0 Å². The standard InChI is InChI=1S/C6H4ClFO4/c7-3(5(9)10)1-2-4(8)6(11)12/h1-2H,(H,9,10)(H,11,12)/p-2/b3-1+,4-2+. The van der Waals surface area contributed by atoms with Crippen LogP contribution in [0.4, 0.5) is 4.39 Å². The van der Waals surface area contributed by atoms with E-state index in [9.17, 15) is 24.2 Å². The van der Waals surface area contributed by atoms with Crippen LogP contribution in [0.3, 0.4) is 0 Å². The van der Waals surface area contributed by atoms with Crippen molar-refractivity contribution in [3.63, 3.8) is 0 Å². The van der Waals surface area contributed by atoms with Crippen LogP contribution in [-0.2, 0) is 9.59 Å². The lowest BCUT2D eigenvalue weighted by Gasteiger charge is -1.97. The Balaban J connectivity index is 4.48. The zero-order valence-electron chi connectivity index (χ0n) is 5.54. The van der Waals surface area contributed by atoms with E-state index in [1.807, 2.05) is 0 Å². The maximum atomic E-state index is 12.0. The van der Waals surface area contributed by atoms with E-state index in [0.717, 1.165) is 0 Å². The van der Waals surface area contributed by atoms with Crippen molar-refractivity contribution < 1.29 is 24.2 Å². The molecule has 0 aliphatic carbocycles. The summed E-state index contributed by atoms with van der Waals surface area (Å²) in [5.74, 6) is -5.39. The van der Waals surface area contributed by atoms with Gasteiger partial charge >= 0.3 is 0 Å². The lowest BCUT2D eigenvalue weighted by atomic mass is 10.4. The molecular weight excluding hydrogens is 191 g/mol. The lowest BCUT2D eigenvalue weighted by molar-refractivity contribution is -0.301. The predicted octanol–water partition coefficient (Wildman–Crippen LogP) is -1.54. The van der Waals surface area contributed by atoms with Gasteiger partial charge < -0.3 is 19.8 Å². The minimum atomic E-state index is -2.05. The molecule has 0 unspecified atom stereocenters. The molecule has 0 fully saturated rings. The van der Waals surface area contributed by atoms with Crippen LogP contribution in [-0.4, -0.2) is 11.9 Å². The highest BCUT2D eigenvalue weighted by molar-refractivity contribution is 6.40. The molecule has 4 nitrogen and oxygen atoms in total. The molecule has 0 aromatic rings. The van der Waals surface area contributed by atoms with Crippen LogP contribution in [0.15, 0.2) is 23.0 Å². The first-order chi connectivity index (χ1) is 5.45. The Kier molecular flexibility index (Phi) is 3.99. The number of halogens is 2. The SMILES string of the molecule is O=C([O-])/C(F)=C\C=C(\Cl)C(=O)[O-]. The Bertz CT molecular complexity index is 241. The van der Waals surface area contributed by atoms with Crippen LogP contribution >= 0.6 is 11.6 Å². The molecule has 66 valence electrons. The highest BCUT2D eigenvalue weighted by Crippen LogP contribution is 2.02. The van der Waals surface area contributed by atoms with E-state index in [0.29, 0.717) is 12.2 Å². The summed E-state index contributed by atoms with van der Waals surface area (Å²) in [5, 5.41) is 18.7. The van der Waals surface area contributed by atoms with Gasteiger partial charge in [-0.25, -0.2) is 4.39 Å². The zero-order valence-corrected chi connectivity index (χ0v) is 6.30. The quantitative estimate of drug-likeness (QED) is 0.401. The fourth-order valence-electron chi connectivity index (χ4n) is 0.282. The summed E-state index contributed by atoms with van der Waals surface area (Å²) < 4.78 is 12.0. The van der Waals surface area contributed by atoms with Crippen molar-refractivity contribution in [2.75, 3.05) is 0 Å². The van der Waals surface area contributed by atoms with Crippen molar-refractivity contribution in [2.45, 2.75) is 0 Å². The Morgan fingerprint density at radius 3 is 2.00 bits per heavy atom.